The smallest absolute Gasteiger partial charge is 0.321 e. The van der Waals surface area contributed by atoms with Gasteiger partial charge in [0.1, 0.15) is 5.82 Å². The lowest BCUT2D eigenvalue weighted by molar-refractivity contribution is -0.119. The third kappa shape index (κ3) is 5.14. The maximum atomic E-state index is 14.8. The molecule has 4 rings (SSSR count). The second-order valence-corrected chi connectivity index (χ2v) is 7.90. The topological polar surface area (TPSA) is 92.3 Å². The van der Waals surface area contributed by atoms with Gasteiger partial charge in [0, 0.05) is 29.9 Å². The molecule has 0 saturated carbocycles. The van der Waals surface area contributed by atoms with Crippen LogP contribution in [0.1, 0.15) is 25.0 Å². The van der Waals surface area contributed by atoms with E-state index in [1.165, 1.54) is 11.0 Å². The largest absolute Gasteiger partial charge is 0.490 e. The van der Waals surface area contributed by atoms with Crippen molar-refractivity contribution in [3.8, 4) is 11.5 Å². The minimum absolute atomic E-state index is 0.230. The van der Waals surface area contributed by atoms with Gasteiger partial charge in [0.2, 0.25) is 6.17 Å². The fourth-order valence-electron chi connectivity index (χ4n) is 3.90. The Morgan fingerprint density at radius 1 is 0.972 bits per heavy atom. The molecule has 0 bridgehead atoms. The van der Waals surface area contributed by atoms with Gasteiger partial charge in [-0.15, -0.1) is 0 Å². The third-order valence-electron chi connectivity index (χ3n) is 5.54. The first-order chi connectivity index (χ1) is 17.4. The highest BCUT2D eigenvalue weighted by atomic mass is 19.1. The van der Waals surface area contributed by atoms with Crippen LogP contribution in [-0.2, 0) is 4.79 Å². The summed E-state index contributed by atoms with van der Waals surface area (Å²) in [4.78, 5) is 32.1. The highest BCUT2D eigenvalue weighted by molar-refractivity contribution is 6.20. The number of carbonyl (C=O) groups excluding carboxylic acids is 2. The fourth-order valence-corrected chi connectivity index (χ4v) is 3.90. The molecule has 0 aliphatic carbocycles. The summed E-state index contributed by atoms with van der Waals surface area (Å²) in [5.74, 6) is 0.0928. The molecule has 0 spiro atoms. The standard InChI is InChI=1S/C27H27FN4O4/c1-4-35-22-15-14-17(16-23(22)36-5-2)29-27(34)31-25-26(33)32(3)21-13-9-7-11-19(21)24(30-25)18-10-6-8-12-20(18)28/h6-16,25H,4-5H2,1-3H3,(H2,29,31,34). The lowest BCUT2D eigenvalue weighted by Gasteiger charge is -2.21. The van der Waals surface area contributed by atoms with Crippen molar-refractivity contribution in [2.24, 2.45) is 4.99 Å². The Morgan fingerprint density at radius 3 is 2.36 bits per heavy atom. The number of likely N-dealkylation sites (N-methyl/N-ethyl adjacent to an activating group) is 1. The van der Waals surface area contributed by atoms with Crippen molar-refractivity contribution in [3.63, 3.8) is 0 Å². The molecule has 36 heavy (non-hydrogen) atoms. The number of anilines is 2. The van der Waals surface area contributed by atoms with Crippen molar-refractivity contribution >= 4 is 29.0 Å². The quantitative estimate of drug-likeness (QED) is 0.507. The maximum absolute atomic E-state index is 14.8. The molecule has 0 aromatic heterocycles. The monoisotopic (exact) mass is 490 g/mol. The Bertz CT molecular complexity index is 1310. The molecule has 2 N–H and O–H groups in total. The van der Waals surface area contributed by atoms with Gasteiger partial charge in [-0.25, -0.2) is 14.2 Å². The molecule has 1 aliphatic rings. The number of nitrogens with one attached hydrogen (secondary N) is 2. The van der Waals surface area contributed by atoms with Gasteiger partial charge in [0.25, 0.3) is 5.91 Å². The van der Waals surface area contributed by atoms with Crippen LogP contribution in [0.25, 0.3) is 0 Å². The Kier molecular flexibility index (Phi) is 7.48. The van der Waals surface area contributed by atoms with E-state index in [0.29, 0.717) is 41.7 Å². The van der Waals surface area contributed by atoms with Gasteiger partial charge in [0.05, 0.1) is 24.6 Å². The number of aliphatic imine (C=N–C) groups is 1. The van der Waals surface area contributed by atoms with Crippen molar-refractivity contribution in [3.05, 3.63) is 83.7 Å². The number of nitrogens with zero attached hydrogens (tertiary/aromatic N) is 2. The summed E-state index contributed by atoms with van der Waals surface area (Å²) in [6.45, 7) is 4.60. The first kappa shape index (κ1) is 24.7. The minimum Gasteiger partial charge on any atom is -0.490 e. The first-order valence-electron chi connectivity index (χ1n) is 11.6. The first-order valence-corrected chi connectivity index (χ1v) is 11.6. The molecule has 1 aliphatic heterocycles. The molecule has 1 heterocycles. The van der Waals surface area contributed by atoms with Gasteiger partial charge in [-0.2, -0.15) is 0 Å². The summed E-state index contributed by atoms with van der Waals surface area (Å²) < 4.78 is 25.9. The van der Waals surface area contributed by atoms with Crippen LogP contribution in [0.3, 0.4) is 0 Å². The van der Waals surface area contributed by atoms with Crippen LogP contribution >= 0.6 is 0 Å². The lowest BCUT2D eigenvalue weighted by Crippen LogP contribution is -2.47. The molecule has 0 radical (unpaired) electrons. The molecule has 1 unspecified atom stereocenters. The van der Waals surface area contributed by atoms with Crippen molar-refractivity contribution in [2.45, 2.75) is 20.0 Å². The van der Waals surface area contributed by atoms with Gasteiger partial charge in [-0.3, -0.25) is 4.79 Å². The number of amides is 3. The Hall–Kier alpha value is -4.40. The number of hydrogen-bond acceptors (Lipinski definition) is 5. The number of urea groups is 1. The van der Waals surface area contributed by atoms with Crippen LogP contribution in [0.15, 0.2) is 71.7 Å². The molecule has 3 aromatic rings. The van der Waals surface area contributed by atoms with Crippen LogP contribution < -0.4 is 25.0 Å². The minimum atomic E-state index is -1.29. The summed E-state index contributed by atoms with van der Waals surface area (Å²) in [5, 5.41) is 5.31. The van der Waals surface area contributed by atoms with Crippen LogP contribution in [0.2, 0.25) is 0 Å². The summed E-state index contributed by atoms with van der Waals surface area (Å²) >= 11 is 0. The zero-order valence-corrected chi connectivity index (χ0v) is 20.2. The van der Waals surface area contributed by atoms with Gasteiger partial charge >= 0.3 is 6.03 Å². The van der Waals surface area contributed by atoms with Gasteiger partial charge in [-0.1, -0.05) is 30.3 Å². The van der Waals surface area contributed by atoms with E-state index in [1.807, 2.05) is 13.8 Å². The zero-order chi connectivity index (χ0) is 25.7. The molecule has 1 atom stereocenters. The highest BCUT2D eigenvalue weighted by Crippen LogP contribution is 2.31. The van der Waals surface area contributed by atoms with Crippen LogP contribution in [-0.4, -0.2) is 44.1 Å². The van der Waals surface area contributed by atoms with Crippen LogP contribution in [0, 0.1) is 5.82 Å². The Balaban J connectivity index is 1.64. The number of rotatable bonds is 7. The average Bonchev–Trinajstić information content (AvgIpc) is 2.97. The van der Waals surface area contributed by atoms with Crippen LogP contribution in [0.5, 0.6) is 11.5 Å². The Labute approximate surface area is 208 Å². The second-order valence-electron chi connectivity index (χ2n) is 7.90. The highest BCUT2D eigenvalue weighted by Gasteiger charge is 2.31. The van der Waals surface area contributed by atoms with Gasteiger partial charge < -0.3 is 25.0 Å². The predicted octanol–water partition coefficient (Wildman–Crippen LogP) is 4.58. The molecule has 8 nitrogen and oxygen atoms in total. The number of fused-ring (bicyclic) bond motifs is 1. The molecule has 3 aromatic carbocycles. The SMILES string of the molecule is CCOc1ccc(NC(=O)NC2N=C(c3ccccc3F)c3ccccc3N(C)C2=O)cc1OCC. The van der Waals surface area contributed by atoms with Crippen molar-refractivity contribution < 1.29 is 23.5 Å². The number of benzodiazepines with no additional fused rings is 1. The maximum Gasteiger partial charge on any atom is 0.321 e. The molecule has 0 saturated heterocycles. The number of para-hydroxylation sites is 1. The van der Waals surface area contributed by atoms with Crippen molar-refractivity contribution in [1.82, 2.24) is 5.32 Å². The normalized spacial score (nSPS) is 14.9. The van der Waals surface area contributed by atoms with Crippen molar-refractivity contribution in [1.29, 1.82) is 0 Å². The van der Waals surface area contributed by atoms with E-state index in [-0.39, 0.29) is 11.3 Å². The zero-order valence-electron chi connectivity index (χ0n) is 20.2. The number of halogens is 1. The third-order valence-corrected chi connectivity index (χ3v) is 5.54. The number of benzene rings is 3. The average molecular weight is 491 g/mol. The summed E-state index contributed by atoms with van der Waals surface area (Å²) in [7, 11) is 1.59. The molecule has 186 valence electrons. The molecule has 9 heteroatoms. The molecular formula is C27H27FN4O4. The lowest BCUT2D eigenvalue weighted by atomic mass is 10.00. The summed E-state index contributed by atoms with van der Waals surface area (Å²) in [6.07, 6.45) is -1.29. The molecule has 3 amide bonds. The second kappa shape index (κ2) is 10.9. The van der Waals surface area contributed by atoms with E-state index in [0.717, 1.165) is 0 Å². The number of hydrogen-bond donors (Lipinski definition) is 2. The number of carbonyl (C=O) groups is 2. The van der Waals surface area contributed by atoms with E-state index in [9.17, 15) is 14.0 Å². The van der Waals surface area contributed by atoms with E-state index in [2.05, 4.69) is 15.6 Å². The van der Waals surface area contributed by atoms with Crippen LogP contribution in [0.4, 0.5) is 20.6 Å². The summed E-state index contributed by atoms with van der Waals surface area (Å²) in [5.41, 5.74) is 2.08. The fraction of sp³-hybridized carbons (Fsp3) is 0.222. The van der Waals surface area contributed by atoms with Gasteiger partial charge in [-0.05, 0) is 44.2 Å². The van der Waals surface area contributed by atoms with E-state index in [1.54, 1.807) is 67.7 Å². The van der Waals surface area contributed by atoms with E-state index in [4.69, 9.17) is 9.47 Å². The molecule has 0 fully saturated rings. The summed E-state index contributed by atoms with van der Waals surface area (Å²) in [6, 6.07) is 17.6. The predicted molar refractivity (Wildman–Crippen MR) is 137 cm³/mol. The van der Waals surface area contributed by atoms with E-state index >= 15 is 0 Å². The van der Waals surface area contributed by atoms with Crippen molar-refractivity contribution in [2.75, 3.05) is 30.5 Å². The van der Waals surface area contributed by atoms with E-state index < -0.39 is 23.9 Å². The number of ether oxygens (including phenoxy) is 2. The molecular weight excluding hydrogens is 463 g/mol. The van der Waals surface area contributed by atoms with Gasteiger partial charge in [0.15, 0.2) is 11.5 Å². The Morgan fingerprint density at radius 2 is 1.64 bits per heavy atom.